The molecule has 0 saturated carbocycles. The quantitative estimate of drug-likeness (QED) is 0.752. The summed E-state index contributed by atoms with van der Waals surface area (Å²) in [7, 11) is 1.63. The molecule has 0 spiro atoms. The van der Waals surface area contributed by atoms with E-state index >= 15 is 0 Å². The zero-order valence-electron chi connectivity index (χ0n) is 11.2. The number of carbonyl (C=O) groups is 1. The molecule has 0 aromatic heterocycles. The number of hydrogen-bond acceptors (Lipinski definition) is 3. The molecule has 1 atom stereocenters. The summed E-state index contributed by atoms with van der Waals surface area (Å²) in [6.45, 7) is 6.19. The van der Waals surface area contributed by atoms with Crippen molar-refractivity contribution in [1.29, 1.82) is 0 Å². The molecule has 96 valence electrons. The van der Waals surface area contributed by atoms with Crippen LogP contribution in [0.4, 0.5) is 0 Å². The molecule has 1 aliphatic rings. The minimum absolute atomic E-state index is 0.113. The molecule has 18 heavy (non-hydrogen) atoms. The van der Waals surface area contributed by atoms with Crippen LogP contribution in [-0.4, -0.2) is 19.2 Å². The van der Waals surface area contributed by atoms with Gasteiger partial charge >= 0.3 is 5.97 Å². The van der Waals surface area contributed by atoms with Gasteiger partial charge in [-0.05, 0) is 17.7 Å². The molecule has 0 radical (unpaired) electrons. The lowest BCUT2D eigenvalue weighted by molar-refractivity contribution is -0.141. The summed E-state index contributed by atoms with van der Waals surface area (Å²) in [5.41, 5.74) is 1.83. The van der Waals surface area contributed by atoms with Gasteiger partial charge in [0, 0.05) is 17.1 Å². The molecule has 3 nitrogen and oxygen atoms in total. The molecular weight excluding hydrogens is 228 g/mol. The smallest absolute Gasteiger partial charge is 0.331 e. The average Bonchev–Trinajstić information content (AvgIpc) is 2.71. The van der Waals surface area contributed by atoms with Crippen molar-refractivity contribution in [3.8, 4) is 5.75 Å². The van der Waals surface area contributed by atoms with Gasteiger partial charge in [0.2, 0.25) is 0 Å². The van der Waals surface area contributed by atoms with Gasteiger partial charge in [0.05, 0.1) is 7.11 Å². The lowest BCUT2D eigenvalue weighted by Gasteiger charge is -2.28. The third-order valence-electron chi connectivity index (χ3n) is 3.00. The number of methoxy groups -OCH3 is 1. The van der Waals surface area contributed by atoms with Crippen molar-refractivity contribution in [3.63, 3.8) is 0 Å². The second-order valence-corrected chi connectivity index (χ2v) is 5.51. The first-order valence-electron chi connectivity index (χ1n) is 5.98. The molecule has 0 N–H and O–H groups in total. The summed E-state index contributed by atoms with van der Waals surface area (Å²) in [4.78, 5) is 11.5. The predicted molar refractivity (Wildman–Crippen MR) is 70.3 cm³/mol. The molecule has 0 bridgehead atoms. The van der Waals surface area contributed by atoms with Crippen LogP contribution in [0.3, 0.4) is 0 Å². The maximum atomic E-state index is 11.5. The number of rotatable bonds is 2. The Hall–Kier alpha value is -1.77. The molecule has 0 fully saturated rings. The zero-order chi connectivity index (χ0) is 13.3. The lowest BCUT2D eigenvalue weighted by atomic mass is 9.82. The van der Waals surface area contributed by atoms with Gasteiger partial charge in [-0.15, -0.1) is 0 Å². The van der Waals surface area contributed by atoms with Crippen LogP contribution in [0.2, 0.25) is 0 Å². The molecular formula is C15H18O3. The predicted octanol–water partition coefficient (Wildman–Crippen LogP) is 3.05. The van der Waals surface area contributed by atoms with Gasteiger partial charge in [0.15, 0.2) is 0 Å². The molecule has 1 aromatic carbocycles. The number of esters is 1. The summed E-state index contributed by atoms with van der Waals surface area (Å²) < 4.78 is 10.5. The van der Waals surface area contributed by atoms with Crippen molar-refractivity contribution in [3.05, 3.63) is 35.9 Å². The fraction of sp³-hybridized carbons (Fsp3) is 0.400. The van der Waals surface area contributed by atoms with Gasteiger partial charge in [-0.3, -0.25) is 0 Å². The lowest BCUT2D eigenvalue weighted by Crippen LogP contribution is -2.28. The van der Waals surface area contributed by atoms with E-state index in [2.05, 4.69) is 20.8 Å². The van der Waals surface area contributed by atoms with E-state index in [0.717, 1.165) is 16.9 Å². The first kappa shape index (κ1) is 12.7. The van der Waals surface area contributed by atoms with Gasteiger partial charge in [-0.2, -0.15) is 0 Å². The van der Waals surface area contributed by atoms with E-state index in [-0.39, 0.29) is 17.5 Å². The third kappa shape index (κ3) is 2.40. The highest BCUT2D eigenvalue weighted by atomic mass is 16.5. The highest BCUT2D eigenvalue weighted by Crippen LogP contribution is 2.37. The Morgan fingerprint density at radius 3 is 2.28 bits per heavy atom. The van der Waals surface area contributed by atoms with Crippen LogP contribution in [-0.2, 0) is 9.53 Å². The topological polar surface area (TPSA) is 35.5 Å². The Balaban J connectivity index is 2.35. The maximum absolute atomic E-state index is 11.5. The van der Waals surface area contributed by atoms with Crippen molar-refractivity contribution in [2.24, 2.45) is 5.41 Å². The summed E-state index contributed by atoms with van der Waals surface area (Å²) >= 11 is 0. The molecule has 2 rings (SSSR count). The number of hydrogen-bond donors (Lipinski definition) is 0. The first-order chi connectivity index (χ1) is 8.41. The zero-order valence-corrected chi connectivity index (χ0v) is 11.2. The molecule has 0 saturated heterocycles. The van der Waals surface area contributed by atoms with E-state index in [4.69, 9.17) is 9.47 Å². The first-order valence-corrected chi connectivity index (χ1v) is 5.98. The maximum Gasteiger partial charge on any atom is 0.331 e. The molecule has 0 amide bonds. The number of ether oxygens (including phenoxy) is 2. The van der Waals surface area contributed by atoms with Gasteiger partial charge < -0.3 is 9.47 Å². The molecule has 1 aliphatic heterocycles. The molecule has 1 heterocycles. The van der Waals surface area contributed by atoms with Crippen molar-refractivity contribution in [2.45, 2.75) is 26.9 Å². The van der Waals surface area contributed by atoms with Crippen LogP contribution >= 0.6 is 0 Å². The van der Waals surface area contributed by atoms with Crippen LogP contribution in [0.5, 0.6) is 5.75 Å². The fourth-order valence-corrected chi connectivity index (χ4v) is 2.08. The Labute approximate surface area is 107 Å². The van der Waals surface area contributed by atoms with Crippen LogP contribution in [0, 0.1) is 5.41 Å². The van der Waals surface area contributed by atoms with Crippen molar-refractivity contribution in [1.82, 2.24) is 0 Å². The Bertz CT molecular complexity index is 477. The van der Waals surface area contributed by atoms with E-state index in [9.17, 15) is 4.79 Å². The monoisotopic (exact) mass is 246 g/mol. The van der Waals surface area contributed by atoms with Crippen LogP contribution < -0.4 is 4.74 Å². The van der Waals surface area contributed by atoms with Gasteiger partial charge in [-0.25, -0.2) is 4.79 Å². The summed E-state index contributed by atoms with van der Waals surface area (Å²) in [6.07, 6.45) is 1.39. The van der Waals surface area contributed by atoms with Crippen LogP contribution in [0.15, 0.2) is 30.3 Å². The minimum Gasteiger partial charge on any atom is -0.497 e. The standard InChI is InChI=1S/C15H18O3/c1-15(2,3)14-12(9-13(16)18-14)10-5-7-11(17-4)8-6-10/h5-9,14H,1-4H3. The van der Waals surface area contributed by atoms with Crippen molar-refractivity contribution >= 4 is 11.5 Å². The molecule has 1 unspecified atom stereocenters. The van der Waals surface area contributed by atoms with Gasteiger partial charge in [0.25, 0.3) is 0 Å². The van der Waals surface area contributed by atoms with E-state index in [1.165, 1.54) is 0 Å². The van der Waals surface area contributed by atoms with Crippen molar-refractivity contribution in [2.75, 3.05) is 7.11 Å². The second-order valence-electron chi connectivity index (χ2n) is 5.51. The largest absolute Gasteiger partial charge is 0.497 e. The van der Waals surface area contributed by atoms with Crippen molar-refractivity contribution < 1.29 is 14.3 Å². The number of carbonyl (C=O) groups excluding carboxylic acids is 1. The fourth-order valence-electron chi connectivity index (χ4n) is 2.08. The Kier molecular flexibility index (Phi) is 3.16. The SMILES string of the molecule is COc1ccc(C2=CC(=O)OC2C(C)(C)C)cc1. The highest BCUT2D eigenvalue weighted by Gasteiger charge is 2.36. The summed E-state index contributed by atoms with van der Waals surface area (Å²) in [5, 5.41) is 0. The molecule has 1 aromatic rings. The Morgan fingerprint density at radius 1 is 1.17 bits per heavy atom. The summed E-state index contributed by atoms with van der Waals surface area (Å²) in [6, 6.07) is 7.67. The minimum atomic E-state index is -0.263. The van der Waals surface area contributed by atoms with Crippen LogP contribution in [0.25, 0.3) is 5.57 Å². The highest BCUT2D eigenvalue weighted by molar-refractivity contribution is 5.97. The van der Waals surface area contributed by atoms with E-state index in [1.54, 1.807) is 13.2 Å². The van der Waals surface area contributed by atoms with E-state index in [0.29, 0.717) is 0 Å². The normalized spacial score (nSPS) is 19.4. The number of benzene rings is 1. The van der Waals surface area contributed by atoms with E-state index < -0.39 is 0 Å². The molecule has 0 aliphatic carbocycles. The summed E-state index contributed by atoms with van der Waals surface area (Å²) in [5.74, 6) is 0.539. The number of cyclic esters (lactones) is 1. The van der Waals surface area contributed by atoms with Gasteiger partial charge in [-0.1, -0.05) is 32.9 Å². The Morgan fingerprint density at radius 2 is 1.78 bits per heavy atom. The van der Waals surface area contributed by atoms with Crippen LogP contribution in [0.1, 0.15) is 26.3 Å². The third-order valence-corrected chi connectivity index (χ3v) is 3.00. The van der Waals surface area contributed by atoms with Gasteiger partial charge in [0.1, 0.15) is 11.9 Å². The molecule has 3 heteroatoms. The second kappa shape index (κ2) is 4.48. The average molecular weight is 246 g/mol. The van der Waals surface area contributed by atoms with E-state index in [1.807, 2.05) is 24.3 Å².